The van der Waals surface area contributed by atoms with Gasteiger partial charge in [0.25, 0.3) is 5.91 Å². The fourth-order valence-corrected chi connectivity index (χ4v) is 2.92. The fraction of sp³-hybridized carbons (Fsp3) is 0.294. The van der Waals surface area contributed by atoms with E-state index in [-0.39, 0.29) is 17.9 Å². The lowest BCUT2D eigenvalue weighted by Crippen LogP contribution is -2.33. The number of aromatic nitrogens is 2. The van der Waals surface area contributed by atoms with Crippen molar-refractivity contribution in [3.8, 4) is 11.3 Å². The van der Waals surface area contributed by atoms with Crippen LogP contribution in [0.1, 0.15) is 29.6 Å². The van der Waals surface area contributed by atoms with Gasteiger partial charge in [-0.1, -0.05) is 30.3 Å². The van der Waals surface area contributed by atoms with Crippen LogP contribution in [0.25, 0.3) is 11.3 Å². The van der Waals surface area contributed by atoms with E-state index in [4.69, 9.17) is 5.11 Å². The number of carboxylic acids is 1. The molecule has 0 bridgehead atoms. The van der Waals surface area contributed by atoms with Crippen LogP contribution in [0.15, 0.2) is 42.9 Å². The molecule has 0 aliphatic heterocycles. The van der Waals surface area contributed by atoms with Crippen LogP contribution in [0.2, 0.25) is 0 Å². The number of aliphatic carboxylic acids is 1. The molecule has 0 unspecified atom stereocenters. The van der Waals surface area contributed by atoms with Gasteiger partial charge < -0.3 is 10.4 Å². The van der Waals surface area contributed by atoms with Crippen molar-refractivity contribution in [1.82, 2.24) is 15.3 Å². The Morgan fingerprint density at radius 3 is 2.65 bits per heavy atom. The second-order valence-electron chi connectivity index (χ2n) is 5.67. The standard InChI is InChI=1S/C17H17N3O3/c21-16(20-13-7-6-12(8-13)17(22)23)14-9-18-10-19-15(14)11-4-2-1-3-5-11/h1-5,9-10,12-13H,6-8H2,(H,20,21)(H,22,23)/t12-,13+/m0/s1. The van der Waals surface area contributed by atoms with Crippen molar-refractivity contribution in [2.75, 3.05) is 0 Å². The van der Waals surface area contributed by atoms with Crippen LogP contribution >= 0.6 is 0 Å². The van der Waals surface area contributed by atoms with E-state index in [1.165, 1.54) is 12.5 Å². The fourth-order valence-electron chi connectivity index (χ4n) is 2.92. The number of carbonyl (C=O) groups excluding carboxylic acids is 1. The van der Waals surface area contributed by atoms with Gasteiger partial charge in [-0.25, -0.2) is 9.97 Å². The molecule has 1 saturated carbocycles. The quantitative estimate of drug-likeness (QED) is 0.902. The summed E-state index contributed by atoms with van der Waals surface area (Å²) in [7, 11) is 0. The first-order valence-corrected chi connectivity index (χ1v) is 7.54. The number of rotatable bonds is 4. The highest BCUT2D eigenvalue weighted by atomic mass is 16.4. The van der Waals surface area contributed by atoms with E-state index in [0.717, 1.165) is 5.56 Å². The maximum Gasteiger partial charge on any atom is 0.306 e. The monoisotopic (exact) mass is 311 g/mol. The molecule has 1 aliphatic rings. The first-order chi connectivity index (χ1) is 11.1. The van der Waals surface area contributed by atoms with Gasteiger partial charge in [-0.3, -0.25) is 9.59 Å². The van der Waals surface area contributed by atoms with Crippen molar-refractivity contribution >= 4 is 11.9 Å². The smallest absolute Gasteiger partial charge is 0.306 e. The van der Waals surface area contributed by atoms with E-state index in [0.29, 0.717) is 30.5 Å². The average molecular weight is 311 g/mol. The molecule has 1 fully saturated rings. The highest BCUT2D eigenvalue weighted by molar-refractivity contribution is 5.99. The minimum atomic E-state index is -0.797. The number of carboxylic acid groups (broad SMARTS) is 1. The van der Waals surface area contributed by atoms with E-state index < -0.39 is 5.97 Å². The van der Waals surface area contributed by atoms with Crippen LogP contribution in [0, 0.1) is 5.92 Å². The predicted octanol–water partition coefficient (Wildman–Crippen LogP) is 2.13. The lowest BCUT2D eigenvalue weighted by atomic mass is 10.1. The molecule has 1 aliphatic carbocycles. The summed E-state index contributed by atoms with van der Waals surface area (Å²) < 4.78 is 0. The maximum absolute atomic E-state index is 12.5. The summed E-state index contributed by atoms with van der Waals surface area (Å²) in [5.41, 5.74) is 1.82. The second kappa shape index (κ2) is 6.56. The summed E-state index contributed by atoms with van der Waals surface area (Å²) >= 11 is 0. The lowest BCUT2D eigenvalue weighted by molar-refractivity contribution is -0.141. The maximum atomic E-state index is 12.5. The van der Waals surface area contributed by atoms with E-state index in [1.54, 1.807) is 0 Å². The molecule has 6 nitrogen and oxygen atoms in total. The molecule has 0 radical (unpaired) electrons. The first kappa shape index (κ1) is 15.1. The van der Waals surface area contributed by atoms with Crippen molar-refractivity contribution in [2.24, 2.45) is 5.92 Å². The number of benzene rings is 1. The Morgan fingerprint density at radius 1 is 1.17 bits per heavy atom. The number of carbonyl (C=O) groups is 2. The summed E-state index contributed by atoms with van der Waals surface area (Å²) in [4.78, 5) is 31.7. The molecular weight excluding hydrogens is 294 g/mol. The van der Waals surface area contributed by atoms with Gasteiger partial charge in [-0.2, -0.15) is 0 Å². The third-order valence-electron chi connectivity index (χ3n) is 4.12. The van der Waals surface area contributed by atoms with Crippen LogP contribution in [-0.2, 0) is 4.79 Å². The first-order valence-electron chi connectivity index (χ1n) is 7.54. The third-order valence-corrected chi connectivity index (χ3v) is 4.12. The summed E-state index contributed by atoms with van der Waals surface area (Å²) in [5.74, 6) is -1.43. The van der Waals surface area contributed by atoms with Gasteiger partial charge in [0.15, 0.2) is 0 Å². The number of amides is 1. The second-order valence-corrected chi connectivity index (χ2v) is 5.67. The molecule has 6 heteroatoms. The van der Waals surface area contributed by atoms with E-state index in [2.05, 4.69) is 15.3 Å². The van der Waals surface area contributed by atoms with Gasteiger partial charge in [0.2, 0.25) is 0 Å². The Morgan fingerprint density at radius 2 is 1.96 bits per heavy atom. The molecule has 0 saturated heterocycles. The minimum Gasteiger partial charge on any atom is -0.481 e. The lowest BCUT2D eigenvalue weighted by Gasteiger charge is -2.14. The molecule has 2 N–H and O–H groups in total. The third kappa shape index (κ3) is 3.36. The normalized spacial score (nSPS) is 20.2. The van der Waals surface area contributed by atoms with Gasteiger partial charge in [-0.05, 0) is 19.3 Å². The van der Waals surface area contributed by atoms with Crippen molar-refractivity contribution in [2.45, 2.75) is 25.3 Å². The summed E-state index contributed by atoms with van der Waals surface area (Å²) in [5, 5.41) is 12.0. The Kier molecular flexibility index (Phi) is 4.32. The SMILES string of the molecule is O=C(N[C@@H]1CC[C@H](C(=O)O)C1)c1cncnc1-c1ccccc1. The molecule has 1 amide bonds. The number of hydrogen-bond acceptors (Lipinski definition) is 4. The van der Waals surface area contributed by atoms with Crippen molar-refractivity contribution in [1.29, 1.82) is 0 Å². The Balaban J connectivity index is 1.77. The van der Waals surface area contributed by atoms with Gasteiger partial charge >= 0.3 is 5.97 Å². The molecule has 1 aromatic carbocycles. The zero-order chi connectivity index (χ0) is 16.2. The van der Waals surface area contributed by atoms with Crippen molar-refractivity contribution in [3.63, 3.8) is 0 Å². The van der Waals surface area contributed by atoms with Crippen LogP contribution < -0.4 is 5.32 Å². The van der Waals surface area contributed by atoms with Crippen LogP contribution in [0.3, 0.4) is 0 Å². The van der Waals surface area contributed by atoms with E-state index in [9.17, 15) is 9.59 Å². The Hall–Kier alpha value is -2.76. The van der Waals surface area contributed by atoms with Crippen LogP contribution in [0.5, 0.6) is 0 Å². The number of hydrogen-bond donors (Lipinski definition) is 2. The largest absolute Gasteiger partial charge is 0.481 e. The highest BCUT2D eigenvalue weighted by Crippen LogP contribution is 2.26. The predicted molar refractivity (Wildman–Crippen MR) is 83.7 cm³/mol. The summed E-state index contributed by atoms with van der Waals surface area (Å²) in [6.45, 7) is 0. The Labute approximate surface area is 133 Å². The number of nitrogens with one attached hydrogen (secondary N) is 1. The molecule has 1 aromatic heterocycles. The molecule has 2 atom stereocenters. The molecule has 1 heterocycles. The zero-order valence-electron chi connectivity index (χ0n) is 12.5. The van der Waals surface area contributed by atoms with Gasteiger partial charge in [0, 0.05) is 17.8 Å². The molecule has 2 aromatic rings. The van der Waals surface area contributed by atoms with Crippen molar-refractivity contribution in [3.05, 3.63) is 48.4 Å². The van der Waals surface area contributed by atoms with Crippen molar-refractivity contribution < 1.29 is 14.7 Å². The van der Waals surface area contributed by atoms with E-state index in [1.807, 2.05) is 30.3 Å². The molecule has 23 heavy (non-hydrogen) atoms. The molecule has 118 valence electrons. The van der Waals surface area contributed by atoms with E-state index >= 15 is 0 Å². The Bertz CT molecular complexity index is 718. The van der Waals surface area contributed by atoms with Gasteiger partial charge in [0.05, 0.1) is 17.2 Å². The summed E-state index contributed by atoms with van der Waals surface area (Å²) in [6, 6.07) is 9.31. The average Bonchev–Trinajstić information content (AvgIpc) is 3.04. The molecular formula is C17H17N3O3. The highest BCUT2D eigenvalue weighted by Gasteiger charge is 2.31. The summed E-state index contributed by atoms with van der Waals surface area (Å²) in [6.07, 6.45) is 4.65. The number of nitrogens with zero attached hydrogens (tertiary/aromatic N) is 2. The van der Waals surface area contributed by atoms with Gasteiger partial charge in [-0.15, -0.1) is 0 Å². The van der Waals surface area contributed by atoms with Gasteiger partial charge in [0.1, 0.15) is 6.33 Å². The van der Waals surface area contributed by atoms with Crippen LogP contribution in [0.4, 0.5) is 0 Å². The van der Waals surface area contributed by atoms with Crippen LogP contribution in [-0.4, -0.2) is 33.0 Å². The zero-order valence-corrected chi connectivity index (χ0v) is 12.5. The molecule has 3 rings (SSSR count). The minimum absolute atomic E-state index is 0.118. The topological polar surface area (TPSA) is 92.2 Å². The molecule has 0 spiro atoms.